The zero-order valence-electron chi connectivity index (χ0n) is 11.4. The zero-order valence-corrected chi connectivity index (χ0v) is 13.7. The van der Waals surface area contributed by atoms with E-state index >= 15 is 0 Å². The van der Waals surface area contributed by atoms with Gasteiger partial charge in [0.25, 0.3) is 5.91 Å². The van der Waals surface area contributed by atoms with E-state index in [-0.39, 0.29) is 5.91 Å². The summed E-state index contributed by atoms with van der Waals surface area (Å²) in [6.45, 7) is 5.08. The third-order valence-corrected chi connectivity index (χ3v) is 5.48. The van der Waals surface area contributed by atoms with Gasteiger partial charge in [-0.05, 0) is 52.4 Å². The quantitative estimate of drug-likeness (QED) is 0.882. The molecular formula is C15H18BrClN2O. The Morgan fingerprint density at radius 3 is 3.05 bits per heavy atom. The summed E-state index contributed by atoms with van der Waals surface area (Å²) >= 11 is 9.49. The Morgan fingerprint density at radius 1 is 1.50 bits per heavy atom. The highest BCUT2D eigenvalue weighted by Gasteiger charge is 2.45. The first-order valence-corrected chi connectivity index (χ1v) is 8.25. The molecule has 1 aromatic rings. The Hall–Kier alpha value is -0.580. The van der Waals surface area contributed by atoms with Gasteiger partial charge in [-0.3, -0.25) is 4.79 Å². The van der Waals surface area contributed by atoms with Crippen molar-refractivity contribution >= 4 is 33.4 Å². The van der Waals surface area contributed by atoms with Crippen LogP contribution in [0.4, 0.5) is 0 Å². The molecule has 0 saturated carbocycles. The first kappa shape index (κ1) is 14.4. The molecular weight excluding hydrogens is 340 g/mol. The van der Waals surface area contributed by atoms with Gasteiger partial charge in [-0.1, -0.05) is 18.5 Å². The molecule has 3 nitrogen and oxygen atoms in total. The van der Waals surface area contributed by atoms with Crippen LogP contribution in [0.15, 0.2) is 22.7 Å². The maximum Gasteiger partial charge on any atom is 0.255 e. The molecule has 2 aliphatic rings. The number of carbonyl (C=O) groups excluding carboxylic acids is 1. The lowest BCUT2D eigenvalue weighted by molar-refractivity contribution is 0.0710. The van der Waals surface area contributed by atoms with Gasteiger partial charge in [-0.2, -0.15) is 0 Å². The van der Waals surface area contributed by atoms with Crippen molar-refractivity contribution in [1.82, 2.24) is 10.2 Å². The van der Waals surface area contributed by atoms with Crippen LogP contribution in [0.2, 0.25) is 5.02 Å². The summed E-state index contributed by atoms with van der Waals surface area (Å²) in [5.74, 6) is 1.30. The van der Waals surface area contributed by atoms with Crippen LogP contribution in [0.1, 0.15) is 23.7 Å². The van der Waals surface area contributed by atoms with E-state index in [0.717, 1.165) is 30.5 Å². The largest absolute Gasteiger partial charge is 0.335 e. The summed E-state index contributed by atoms with van der Waals surface area (Å²) in [7, 11) is 0. The number of nitrogens with one attached hydrogen (secondary N) is 1. The fourth-order valence-corrected chi connectivity index (χ4v) is 4.18. The van der Waals surface area contributed by atoms with Crippen LogP contribution in [-0.2, 0) is 0 Å². The molecule has 0 aromatic heterocycles. The fraction of sp³-hybridized carbons (Fsp3) is 0.533. The SMILES string of the molecule is CCC1C2CNCC2CN1C(=O)c1cc(Cl)ccc1Br. The second-order valence-electron chi connectivity index (χ2n) is 5.64. The van der Waals surface area contributed by atoms with Crippen molar-refractivity contribution in [2.75, 3.05) is 19.6 Å². The highest BCUT2D eigenvalue weighted by atomic mass is 79.9. The summed E-state index contributed by atoms with van der Waals surface area (Å²) < 4.78 is 0.817. The van der Waals surface area contributed by atoms with Crippen molar-refractivity contribution in [3.8, 4) is 0 Å². The molecule has 3 rings (SSSR count). The first-order valence-electron chi connectivity index (χ1n) is 7.08. The smallest absolute Gasteiger partial charge is 0.255 e. The van der Waals surface area contributed by atoms with E-state index in [1.165, 1.54) is 0 Å². The van der Waals surface area contributed by atoms with E-state index in [2.05, 4.69) is 28.2 Å². The molecule has 1 aromatic carbocycles. The lowest BCUT2D eigenvalue weighted by Gasteiger charge is -2.27. The second kappa shape index (κ2) is 5.66. The van der Waals surface area contributed by atoms with Crippen LogP contribution < -0.4 is 5.32 Å². The summed E-state index contributed by atoms with van der Waals surface area (Å²) in [5, 5.41) is 4.04. The summed E-state index contributed by atoms with van der Waals surface area (Å²) in [6.07, 6.45) is 1.01. The Morgan fingerprint density at radius 2 is 2.30 bits per heavy atom. The molecule has 3 atom stereocenters. The third kappa shape index (κ3) is 2.38. The molecule has 20 heavy (non-hydrogen) atoms. The first-order chi connectivity index (χ1) is 9.61. The van der Waals surface area contributed by atoms with Gasteiger partial charge < -0.3 is 10.2 Å². The Balaban J connectivity index is 1.88. The number of likely N-dealkylation sites (tertiary alicyclic amines) is 1. The van der Waals surface area contributed by atoms with E-state index in [0.29, 0.717) is 28.5 Å². The second-order valence-corrected chi connectivity index (χ2v) is 6.93. The van der Waals surface area contributed by atoms with E-state index in [1.807, 2.05) is 11.0 Å². The molecule has 0 spiro atoms. The average Bonchev–Trinajstić information content (AvgIpc) is 3.00. The normalized spacial score (nSPS) is 28.8. The maximum absolute atomic E-state index is 12.8. The number of nitrogens with zero attached hydrogens (tertiary/aromatic N) is 1. The van der Waals surface area contributed by atoms with Crippen molar-refractivity contribution < 1.29 is 4.79 Å². The molecule has 0 radical (unpaired) electrons. The molecule has 3 unspecified atom stereocenters. The number of carbonyl (C=O) groups is 1. The van der Waals surface area contributed by atoms with Gasteiger partial charge in [0.1, 0.15) is 0 Å². The summed E-state index contributed by atoms with van der Waals surface area (Å²) in [4.78, 5) is 14.9. The van der Waals surface area contributed by atoms with Crippen LogP contribution in [0, 0.1) is 11.8 Å². The topological polar surface area (TPSA) is 32.3 Å². The number of hydrogen-bond acceptors (Lipinski definition) is 2. The molecule has 0 bridgehead atoms. The Kier molecular flexibility index (Phi) is 4.07. The highest BCUT2D eigenvalue weighted by molar-refractivity contribution is 9.10. The monoisotopic (exact) mass is 356 g/mol. The van der Waals surface area contributed by atoms with Gasteiger partial charge in [0, 0.05) is 35.2 Å². The number of halogens is 2. The van der Waals surface area contributed by atoms with Crippen LogP contribution >= 0.6 is 27.5 Å². The highest BCUT2D eigenvalue weighted by Crippen LogP contribution is 2.36. The Labute approximate surface area is 132 Å². The molecule has 2 fully saturated rings. The van der Waals surface area contributed by atoms with E-state index in [1.54, 1.807) is 12.1 Å². The van der Waals surface area contributed by atoms with Crippen molar-refractivity contribution in [3.05, 3.63) is 33.3 Å². The van der Waals surface area contributed by atoms with Crippen molar-refractivity contribution in [1.29, 1.82) is 0 Å². The molecule has 5 heteroatoms. The predicted molar refractivity (Wildman–Crippen MR) is 84.1 cm³/mol. The van der Waals surface area contributed by atoms with Gasteiger partial charge in [0.15, 0.2) is 0 Å². The van der Waals surface area contributed by atoms with Gasteiger partial charge in [0.2, 0.25) is 0 Å². The number of amides is 1. The molecule has 2 aliphatic heterocycles. The molecule has 1 amide bonds. The summed E-state index contributed by atoms with van der Waals surface area (Å²) in [6, 6.07) is 5.73. The van der Waals surface area contributed by atoms with Crippen LogP contribution in [-0.4, -0.2) is 36.5 Å². The van der Waals surface area contributed by atoms with Crippen molar-refractivity contribution in [2.24, 2.45) is 11.8 Å². The number of benzene rings is 1. The molecule has 2 saturated heterocycles. The molecule has 0 aliphatic carbocycles. The van der Waals surface area contributed by atoms with E-state index < -0.39 is 0 Å². The van der Waals surface area contributed by atoms with Crippen LogP contribution in [0.25, 0.3) is 0 Å². The Bertz CT molecular complexity index is 537. The molecule has 108 valence electrons. The standard InChI is InChI=1S/C15H18BrClN2O/c1-2-14-12-7-18-6-9(12)8-19(14)15(20)11-5-10(17)3-4-13(11)16/h3-5,9,12,14,18H,2,6-8H2,1H3. The maximum atomic E-state index is 12.8. The number of rotatable bonds is 2. The van der Waals surface area contributed by atoms with Gasteiger partial charge in [-0.15, -0.1) is 0 Å². The van der Waals surface area contributed by atoms with Gasteiger partial charge >= 0.3 is 0 Å². The third-order valence-electron chi connectivity index (χ3n) is 4.56. The number of fused-ring (bicyclic) bond motifs is 1. The lowest BCUT2D eigenvalue weighted by Crippen LogP contribution is -2.39. The van der Waals surface area contributed by atoms with Crippen LogP contribution in [0.3, 0.4) is 0 Å². The number of hydrogen-bond donors (Lipinski definition) is 1. The summed E-state index contributed by atoms with van der Waals surface area (Å²) in [5.41, 5.74) is 0.670. The minimum absolute atomic E-state index is 0.0978. The van der Waals surface area contributed by atoms with Crippen molar-refractivity contribution in [2.45, 2.75) is 19.4 Å². The zero-order chi connectivity index (χ0) is 14.3. The average molecular weight is 358 g/mol. The van der Waals surface area contributed by atoms with Gasteiger partial charge in [0.05, 0.1) is 5.56 Å². The lowest BCUT2D eigenvalue weighted by atomic mass is 9.93. The minimum atomic E-state index is 0.0978. The predicted octanol–water partition coefficient (Wildman–Crippen LogP) is 3.17. The molecule has 2 heterocycles. The minimum Gasteiger partial charge on any atom is -0.335 e. The van der Waals surface area contributed by atoms with E-state index in [9.17, 15) is 4.79 Å². The molecule has 1 N–H and O–H groups in total. The fourth-order valence-electron chi connectivity index (χ4n) is 3.60. The van der Waals surface area contributed by atoms with E-state index in [4.69, 9.17) is 11.6 Å². The van der Waals surface area contributed by atoms with Crippen molar-refractivity contribution in [3.63, 3.8) is 0 Å². The van der Waals surface area contributed by atoms with Gasteiger partial charge in [-0.25, -0.2) is 0 Å². The van der Waals surface area contributed by atoms with Crippen LogP contribution in [0.5, 0.6) is 0 Å².